The fourth-order valence-electron chi connectivity index (χ4n) is 3.86. The minimum Gasteiger partial charge on any atom is -0.350 e. The number of nitrogens with zero attached hydrogens (tertiary/aromatic N) is 2. The first-order valence-electron chi connectivity index (χ1n) is 11.4. The van der Waals surface area contributed by atoms with Gasteiger partial charge in [-0.3, -0.25) is 14.6 Å². The van der Waals surface area contributed by atoms with Gasteiger partial charge in [0.15, 0.2) is 0 Å². The fraction of sp³-hybridized carbons (Fsp3) is 0.435. The molecule has 0 bridgehead atoms. The van der Waals surface area contributed by atoms with Crippen molar-refractivity contribution in [1.29, 1.82) is 0 Å². The lowest BCUT2D eigenvalue weighted by atomic mass is 10.1. The van der Waals surface area contributed by atoms with Crippen molar-refractivity contribution in [3.8, 4) is 0 Å². The molecule has 0 spiro atoms. The van der Waals surface area contributed by atoms with Crippen molar-refractivity contribution < 1.29 is 31.2 Å². The van der Waals surface area contributed by atoms with Gasteiger partial charge in [0.1, 0.15) is 29.5 Å². The Labute approximate surface area is 207 Å². The van der Waals surface area contributed by atoms with Crippen molar-refractivity contribution in [3.05, 3.63) is 65.2 Å². The number of hydrogen-bond acceptors (Lipinski definition) is 6. The molecule has 3 N–H and O–H groups in total. The standard InChI is InChI=1S/C23H28F3N5O4S/c1-2-4-20(22(32)29-12-15-5-3-6-27-11-15)30-23(33)21-13-28-7-8-31(21)36(34,35)14-17-18(25)9-16(24)10-19(17)26/h3,5-6,9-11,20-21,28H,2,4,7-8,12-14H2,1H3,(H,29,32)(H,30,33). The van der Waals surface area contributed by atoms with Crippen LogP contribution in [0.5, 0.6) is 0 Å². The molecule has 2 heterocycles. The third-order valence-corrected chi connectivity index (χ3v) is 7.49. The summed E-state index contributed by atoms with van der Waals surface area (Å²) < 4.78 is 68.4. The summed E-state index contributed by atoms with van der Waals surface area (Å²) in [6, 6.07) is 2.13. The predicted octanol–water partition coefficient (Wildman–Crippen LogP) is 1.20. The lowest BCUT2D eigenvalue weighted by molar-refractivity contribution is -0.131. The smallest absolute Gasteiger partial charge is 0.242 e. The summed E-state index contributed by atoms with van der Waals surface area (Å²) in [6.45, 7) is 2.05. The number of sulfonamides is 1. The van der Waals surface area contributed by atoms with Gasteiger partial charge < -0.3 is 16.0 Å². The number of pyridine rings is 1. The number of rotatable bonds is 10. The van der Waals surface area contributed by atoms with Crippen LogP contribution in [-0.4, -0.2) is 61.2 Å². The quantitative estimate of drug-likeness (QED) is 0.427. The van der Waals surface area contributed by atoms with E-state index < -0.39 is 62.7 Å². The lowest BCUT2D eigenvalue weighted by Crippen LogP contribution is -2.61. The number of amides is 2. The van der Waals surface area contributed by atoms with Gasteiger partial charge in [-0.2, -0.15) is 4.31 Å². The van der Waals surface area contributed by atoms with E-state index in [2.05, 4.69) is 20.9 Å². The highest BCUT2D eigenvalue weighted by Gasteiger charge is 2.38. The van der Waals surface area contributed by atoms with Gasteiger partial charge >= 0.3 is 0 Å². The molecule has 1 saturated heterocycles. The Morgan fingerprint density at radius 1 is 1.25 bits per heavy atom. The topological polar surface area (TPSA) is 121 Å². The number of hydrogen-bond donors (Lipinski definition) is 3. The molecule has 0 saturated carbocycles. The largest absolute Gasteiger partial charge is 0.350 e. The Kier molecular flexibility index (Phi) is 9.40. The fourth-order valence-corrected chi connectivity index (χ4v) is 5.59. The van der Waals surface area contributed by atoms with Gasteiger partial charge in [0.05, 0.1) is 5.75 Å². The molecular weight excluding hydrogens is 499 g/mol. The zero-order valence-corrected chi connectivity index (χ0v) is 20.5. The predicted molar refractivity (Wildman–Crippen MR) is 125 cm³/mol. The first-order valence-corrected chi connectivity index (χ1v) is 13.0. The Morgan fingerprint density at radius 3 is 2.61 bits per heavy atom. The maximum Gasteiger partial charge on any atom is 0.242 e. The van der Waals surface area contributed by atoms with Gasteiger partial charge in [-0.1, -0.05) is 19.4 Å². The molecule has 1 aromatic carbocycles. The van der Waals surface area contributed by atoms with Gasteiger partial charge in [-0.05, 0) is 18.1 Å². The Morgan fingerprint density at radius 2 is 1.97 bits per heavy atom. The molecule has 36 heavy (non-hydrogen) atoms. The molecule has 13 heteroatoms. The highest BCUT2D eigenvalue weighted by atomic mass is 32.2. The molecule has 2 atom stereocenters. The highest BCUT2D eigenvalue weighted by Crippen LogP contribution is 2.21. The lowest BCUT2D eigenvalue weighted by Gasteiger charge is -2.35. The molecule has 1 aliphatic rings. The van der Waals surface area contributed by atoms with E-state index >= 15 is 0 Å². The van der Waals surface area contributed by atoms with Gasteiger partial charge in [0.25, 0.3) is 0 Å². The van der Waals surface area contributed by atoms with Crippen LogP contribution in [0.3, 0.4) is 0 Å². The van der Waals surface area contributed by atoms with Crippen molar-refractivity contribution >= 4 is 21.8 Å². The number of aromatic nitrogens is 1. The van der Waals surface area contributed by atoms with E-state index in [0.717, 1.165) is 9.87 Å². The normalized spacial score (nSPS) is 17.4. The number of carbonyl (C=O) groups is 2. The zero-order chi connectivity index (χ0) is 26.3. The maximum atomic E-state index is 14.1. The number of benzene rings is 1. The SMILES string of the molecule is CCCC(NC(=O)C1CNCCN1S(=O)(=O)Cc1c(F)cc(F)cc1F)C(=O)NCc1cccnc1. The van der Waals surface area contributed by atoms with Crippen molar-refractivity contribution in [1.82, 2.24) is 25.2 Å². The van der Waals surface area contributed by atoms with Gasteiger partial charge in [0.2, 0.25) is 21.8 Å². The molecule has 3 rings (SSSR count). The first kappa shape index (κ1) is 27.6. The zero-order valence-electron chi connectivity index (χ0n) is 19.6. The van der Waals surface area contributed by atoms with Crippen LogP contribution < -0.4 is 16.0 Å². The van der Waals surface area contributed by atoms with Crippen LogP contribution in [0.4, 0.5) is 13.2 Å². The summed E-state index contributed by atoms with van der Waals surface area (Å²) in [7, 11) is -4.38. The molecule has 1 fully saturated rings. The van der Waals surface area contributed by atoms with Crippen LogP contribution >= 0.6 is 0 Å². The maximum absolute atomic E-state index is 14.1. The molecule has 0 radical (unpaired) electrons. The Balaban J connectivity index is 1.72. The first-order chi connectivity index (χ1) is 17.1. The Bertz CT molecular complexity index is 1160. The monoisotopic (exact) mass is 527 g/mol. The van der Waals surface area contributed by atoms with Gasteiger partial charge in [0, 0.05) is 56.3 Å². The molecular formula is C23H28F3N5O4S. The molecule has 1 aliphatic heterocycles. The second-order valence-corrected chi connectivity index (χ2v) is 10.3. The Hall–Kier alpha value is -3.03. The van der Waals surface area contributed by atoms with Crippen molar-refractivity contribution in [2.45, 2.75) is 44.1 Å². The van der Waals surface area contributed by atoms with Crippen LogP contribution in [0.1, 0.15) is 30.9 Å². The minimum absolute atomic E-state index is 0.0599. The molecule has 0 aliphatic carbocycles. The van der Waals surface area contributed by atoms with Crippen molar-refractivity contribution in [2.24, 2.45) is 0 Å². The van der Waals surface area contributed by atoms with Gasteiger partial charge in [-0.25, -0.2) is 21.6 Å². The van der Waals surface area contributed by atoms with Crippen LogP contribution in [0.2, 0.25) is 0 Å². The van der Waals surface area contributed by atoms with Crippen molar-refractivity contribution in [2.75, 3.05) is 19.6 Å². The summed E-state index contributed by atoms with van der Waals surface area (Å²) in [5.41, 5.74) is -0.0471. The number of piperazine rings is 1. The van der Waals surface area contributed by atoms with E-state index in [0.29, 0.717) is 25.0 Å². The molecule has 196 valence electrons. The van der Waals surface area contributed by atoms with Gasteiger partial charge in [-0.15, -0.1) is 0 Å². The van der Waals surface area contributed by atoms with E-state index in [4.69, 9.17) is 0 Å². The van der Waals surface area contributed by atoms with Crippen LogP contribution in [-0.2, 0) is 31.9 Å². The van der Waals surface area contributed by atoms with E-state index in [1.807, 2.05) is 6.92 Å². The third kappa shape index (κ3) is 7.02. The van der Waals surface area contributed by atoms with Crippen LogP contribution in [0, 0.1) is 17.5 Å². The summed E-state index contributed by atoms with van der Waals surface area (Å²) in [4.78, 5) is 29.8. The number of carbonyl (C=O) groups excluding carboxylic acids is 2. The van der Waals surface area contributed by atoms with Crippen LogP contribution in [0.15, 0.2) is 36.7 Å². The van der Waals surface area contributed by atoms with E-state index in [1.54, 1.807) is 24.5 Å². The average molecular weight is 528 g/mol. The molecule has 9 nitrogen and oxygen atoms in total. The summed E-state index contributed by atoms with van der Waals surface area (Å²) in [5, 5.41) is 8.26. The second kappa shape index (κ2) is 12.3. The molecule has 2 unspecified atom stereocenters. The van der Waals surface area contributed by atoms with Crippen LogP contribution in [0.25, 0.3) is 0 Å². The second-order valence-electron chi connectivity index (χ2n) is 8.36. The number of nitrogens with one attached hydrogen (secondary N) is 3. The number of halogens is 3. The van der Waals surface area contributed by atoms with Crippen molar-refractivity contribution in [3.63, 3.8) is 0 Å². The van der Waals surface area contributed by atoms with E-state index in [-0.39, 0.29) is 26.2 Å². The third-order valence-electron chi connectivity index (χ3n) is 5.69. The molecule has 2 amide bonds. The molecule has 1 aromatic heterocycles. The van der Waals surface area contributed by atoms with E-state index in [9.17, 15) is 31.2 Å². The summed E-state index contributed by atoms with van der Waals surface area (Å²) in [6.07, 6.45) is 4.07. The average Bonchev–Trinajstić information content (AvgIpc) is 2.85. The summed E-state index contributed by atoms with van der Waals surface area (Å²) >= 11 is 0. The van der Waals surface area contributed by atoms with E-state index in [1.165, 1.54) is 0 Å². The minimum atomic E-state index is -4.38. The molecule has 2 aromatic rings. The summed E-state index contributed by atoms with van der Waals surface area (Å²) in [5.74, 6) is -6.09. The highest BCUT2D eigenvalue weighted by molar-refractivity contribution is 7.88.